The maximum Gasteiger partial charge on any atom is 0.189 e. The minimum Gasteiger partial charge on any atom is -0.364 e. The molecule has 3 N–H and O–H groups in total. The molecule has 0 unspecified atom stereocenters. The van der Waals surface area contributed by atoms with Crippen LogP contribution in [0.2, 0.25) is 0 Å². The molecule has 0 spiro atoms. The maximum absolute atomic E-state index is 5.17. The first-order chi connectivity index (χ1) is 8.54. The van der Waals surface area contributed by atoms with Crippen molar-refractivity contribution in [1.29, 1.82) is 0 Å². The summed E-state index contributed by atoms with van der Waals surface area (Å²) in [6.07, 6.45) is 1.57. The van der Waals surface area contributed by atoms with E-state index in [1.807, 2.05) is 18.7 Å². The molecule has 0 aliphatic heterocycles. The fraction of sp³-hybridized carbons (Fsp3) is 0.600. The smallest absolute Gasteiger partial charge is 0.189 e. The predicted octanol–water partition coefficient (Wildman–Crippen LogP) is 0.658. The van der Waals surface area contributed by atoms with E-state index in [-0.39, 0.29) is 0 Å². The molecule has 0 atom stereocenters. The number of hydrogen-bond donors (Lipinski definition) is 3. The number of nitrogens with zero attached hydrogens (tertiary/aromatic N) is 3. The molecule has 0 bridgehead atoms. The molecule has 0 aliphatic rings. The van der Waals surface area contributed by atoms with Gasteiger partial charge in [0.1, 0.15) is 0 Å². The Morgan fingerprint density at radius 2 is 1.83 bits per heavy atom. The fourth-order valence-corrected chi connectivity index (χ4v) is 1.34. The van der Waals surface area contributed by atoms with Crippen molar-refractivity contribution in [2.45, 2.75) is 20.8 Å². The topological polar surface area (TPSA) is 64.0 Å². The standard InChI is InChI=1S/C10H20N6S2/c1-5-16(6-2)10(18)15-12-7-8(3)13-14-9(17)11-4/h7H,5-6H2,1-4H3,(H,15,18)(H2,11,14,17)/b12-7+,13-8+. The molecule has 0 aliphatic carbocycles. The zero-order valence-electron chi connectivity index (χ0n) is 11.1. The Morgan fingerprint density at radius 3 is 2.33 bits per heavy atom. The lowest BCUT2D eigenvalue weighted by Gasteiger charge is -2.20. The Morgan fingerprint density at radius 1 is 1.22 bits per heavy atom. The lowest BCUT2D eigenvalue weighted by atomic mass is 10.5. The number of nitrogens with one attached hydrogen (secondary N) is 3. The fourth-order valence-electron chi connectivity index (χ4n) is 0.986. The quantitative estimate of drug-likeness (QED) is 0.392. The van der Waals surface area contributed by atoms with Crippen molar-refractivity contribution in [2.75, 3.05) is 20.1 Å². The molecule has 8 heteroatoms. The van der Waals surface area contributed by atoms with Crippen LogP contribution in [0, 0.1) is 0 Å². The first-order valence-corrected chi connectivity index (χ1v) is 6.46. The van der Waals surface area contributed by atoms with Crippen LogP contribution in [-0.2, 0) is 0 Å². The third-order valence-electron chi connectivity index (χ3n) is 2.02. The first-order valence-electron chi connectivity index (χ1n) is 5.65. The maximum atomic E-state index is 5.17. The zero-order chi connectivity index (χ0) is 14.0. The molecular formula is C10H20N6S2. The molecule has 18 heavy (non-hydrogen) atoms. The SMILES string of the molecule is CCN(CC)C(=S)N/N=C/C(C)=N/NC(=S)NC. The van der Waals surface area contributed by atoms with Gasteiger partial charge in [-0.1, -0.05) is 0 Å². The van der Waals surface area contributed by atoms with Gasteiger partial charge in [-0.2, -0.15) is 10.2 Å². The average molecular weight is 288 g/mol. The molecular weight excluding hydrogens is 268 g/mol. The Balaban J connectivity index is 4.15. The van der Waals surface area contributed by atoms with Crippen LogP contribution in [0.1, 0.15) is 20.8 Å². The minimum atomic E-state index is 0.453. The van der Waals surface area contributed by atoms with Gasteiger partial charge in [-0.25, -0.2) is 0 Å². The predicted molar refractivity (Wildman–Crippen MR) is 85.0 cm³/mol. The summed E-state index contributed by atoms with van der Waals surface area (Å²) in [5.41, 5.74) is 6.13. The lowest BCUT2D eigenvalue weighted by Crippen LogP contribution is -2.37. The van der Waals surface area contributed by atoms with E-state index < -0.39 is 0 Å². The summed E-state index contributed by atoms with van der Waals surface area (Å²) in [4.78, 5) is 1.99. The zero-order valence-corrected chi connectivity index (χ0v) is 12.8. The van der Waals surface area contributed by atoms with E-state index in [1.165, 1.54) is 0 Å². The van der Waals surface area contributed by atoms with Crippen molar-refractivity contribution in [3.05, 3.63) is 0 Å². The number of rotatable bonds is 5. The third-order valence-corrected chi connectivity index (χ3v) is 2.67. The molecule has 0 rings (SSSR count). The van der Waals surface area contributed by atoms with E-state index in [1.54, 1.807) is 20.2 Å². The highest BCUT2D eigenvalue weighted by Crippen LogP contribution is 1.88. The van der Waals surface area contributed by atoms with Crippen LogP contribution in [0.25, 0.3) is 0 Å². The largest absolute Gasteiger partial charge is 0.364 e. The Kier molecular flexibility index (Phi) is 9.03. The van der Waals surface area contributed by atoms with Gasteiger partial charge in [0.2, 0.25) is 0 Å². The molecule has 102 valence electrons. The van der Waals surface area contributed by atoms with Gasteiger partial charge in [-0.05, 0) is 45.2 Å². The van der Waals surface area contributed by atoms with Crippen LogP contribution >= 0.6 is 24.4 Å². The van der Waals surface area contributed by atoms with Gasteiger partial charge in [-0.3, -0.25) is 10.9 Å². The van der Waals surface area contributed by atoms with E-state index in [4.69, 9.17) is 24.4 Å². The molecule has 0 heterocycles. The number of thiocarbonyl (C=S) groups is 2. The van der Waals surface area contributed by atoms with Gasteiger partial charge in [0.25, 0.3) is 0 Å². The lowest BCUT2D eigenvalue weighted by molar-refractivity contribution is 0.458. The Labute approximate surface area is 119 Å². The van der Waals surface area contributed by atoms with Gasteiger partial charge >= 0.3 is 0 Å². The van der Waals surface area contributed by atoms with Gasteiger partial charge < -0.3 is 10.2 Å². The van der Waals surface area contributed by atoms with E-state index >= 15 is 0 Å². The molecule has 0 fully saturated rings. The van der Waals surface area contributed by atoms with Gasteiger partial charge in [-0.15, -0.1) is 0 Å². The van der Waals surface area contributed by atoms with E-state index in [0.29, 0.717) is 15.9 Å². The molecule has 0 aromatic heterocycles. The molecule has 0 amide bonds. The van der Waals surface area contributed by atoms with Crippen LogP contribution in [0.15, 0.2) is 10.2 Å². The van der Waals surface area contributed by atoms with Crippen molar-refractivity contribution in [3.63, 3.8) is 0 Å². The molecule has 0 aromatic carbocycles. The third kappa shape index (κ3) is 7.13. The summed E-state index contributed by atoms with van der Waals surface area (Å²) in [6, 6.07) is 0. The summed E-state index contributed by atoms with van der Waals surface area (Å²) in [7, 11) is 1.72. The van der Waals surface area contributed by atoms with Crippen molar-refractivity contribution in [3.8, 4) is 0 Å². The Hall–Kier alpha value is -1.28. The summed E-state index contributed by atoms with van der Waals surface area (Å²) in [5, 5.41) is 11.8. The second-order valence-corrected chi connectivity index (χ2v) is 4.09. The van der Waals surface area contributed by atoms with Crippen LogP contribution in [0.5, 0.6) is 0 Å². The first kappa shape index (κ1) is 16.7. The summed E-state index contributed by atoms with van der Waals surface area (Å²) in [6.45, 7) is 7.58. The van der Waals surface area contributed by atoms with Crippen LogP contribution < -0.4 is 16.2 Å². The van der Waals surface area contributed by atoms with Crippen LogP contribution in [-0.4, -0.2) is 47.2 Å². The average Bonchev–Trinajstić information content (AvgIpc) is 2.37. The monoisotopic (exact) mass is 288 g/mol. The van der Waals surface area contributed by atoms with Crippen LogP contribution in [0.4, 0.5) is 0 Å². The highest BCUT2D eigenvalue weighted by molar-refractivity contribution is 7.80. The molecule has 6 nitrogen and oxygen atoms in total. The molecule has 0 radical (unpaired) electrons. The van der Waals surface area contributed by atoms with Gasteiger partial charge in [0, 0.05) is 20.1 Å². The second-order valence-electron chi connectivity index (χ2n) is 3.29. The van der Waals surface area contributed by atoms with Crippen molar-refractivity contribution in [1.82, 2.24) is 21.1 Å². The number of hydrogen-bond acceptors (Lipinski definition) is 4. The van der Waals surface area contributed by atoms with Crippen molar-refractivity contribution < 1.29 is 0 Å². The summed E-state index contributed by atoms with van der Waals surface area (Å²) < 4.78 is 0. The highest BCUT2D eigenvalue weighted by Gasteiger charge is 2.01. The van der Waals surface area contributed by atoms with E-state index in [2.05, 4.69) is 26.4 Å². The Bertz CT molecular complexity index is 335. The van der Waals surface area contributed by atoms with E-state index in [9.17, 15) is 0 Å². The van der Waals surface area contributed by atoms with Crippen LogP contribution in [0.3, 0.4) is 0 Å². The van der Waals surface area contributed by atoms with Crippen molar-refractivity contribution in [2.24, 2.45) is 10.2 Å². The summed E-state index contributed by atoms with van der Waals surface area (Å²) in [5.74, 6) is 0. The second kappa shape index (κ2) is 9.72. The van der Waals surface area contributed by atoms with Gasteiger partial charge in [0.15, 0.2) is 10.2 Å². The minimum absolute atomic E-state index is 0.453. The number of hydrazone groups is 2. The molecule has 0 aromatic rings. The normalized spacial score (nSPS) is 11.2. The highest BCUT2D eigenvalue weighted by atomic mass is 32.1. The summed E-state index contributed by atoms with van der Waals surface area (Å²) >= 11 is 10.0. The molecule has 0 saturated carbocycles. The van der Waals surface area contributed by atoms with E-state index in [0.717, 1.165) is 13.1 Å². The van der Waals surface area contributed by atoms with Gasteiger partial charge in [0.05, 0.1) is 11.9 Å². The van der Waals surface area contributed by atoms with Crippen molar-refractivity contribution >= 4 is 46.6 Å². The molecule has 0 saturated heterocycles.